The molecule has 2 rings (SSSR count). The van der Waals surface area contributed by atoms with Crippen molar-refractivity contribution in [2.45, 2.75) is 13.0 Å². The number of benzene rings is 1. The molecule has 1 atom stereocenters. The molecular formula is C13H16ClNOS. The molecule has 0 saturated heterocycles. The van der Waals surface area contributed by atoms with Crippen LogP contribution in [0.4, 0.5) is 0 Å². The maximum absolute atomic E-state index is 6.18. The second-order valence-corrected chi connectivity index (χ2v) is 4.32. The predicted octanol–water partition coefficient (Wildman–Crippen LogP) is 3.62. The predicted molar refractivity (Wildman–Crippen MR) is 75.2 cm³/mol. The molecule has 1 aromatic carbocycles. The molecule has 92 valence electrons. The van der Waals surface area contributed by atoms with Crippen molar-refractivity contribution in [1.29, 1.82) is 0 Å². The van der Waals surface area contributed by atoms with Gasteiger partial charge in [-0.3, -0.25) is 0 Å². The van der Waals surface area contributed by atoms with Crippen molar-refractivity contribution in [1.82, 2.24) is 0 Å². The van der Waals surface area contributed by atoms with Crippen molar-refractivity contribution < 1.29 is 4.74 Å². The van der Waals surface area contributed by atoms with Gasteiger partial charge in [-0.05, 0) is 47.0 Å². The highest BCUT2D eigenvalue weighted by Gasteiger charge is 2.09. The number of ether oxygens (including phenoxy) is 1. The van der Waals surface area contributed by atoms with Gasteiger partial charge in [0.25, 0.3) is 0 Å². The van der Waals surface area contributed by atoms with Crippen molar-refractivity contribution in [2.75, 3.05) is 6.61 Å². The minimum atomic E-state index is -0.0633. The van der Waals surface area contributed by atoms with Crippen molar-refractivity contribution >= 4 is 23.7 Å². The van der Waals surface area contributed by atoms with Gasteiger partial charge in [0.1, 0.15) is 5.75 Å². The molecule has 0 bridgehead atoms. The second kappa shape index (κ2) is 6.64. The molecule has 1 aromatic heterocycles. The molecular weight excluding hydrogens is 254 g/mol. The molecule has 1 heterocycles. The molecule has 2 aromatic rings. The van der Waals surface area contributed by atoms with E-state index in [2.05, 4.69) is 11.4 Å². The minimum absolute atomic E-state index is 0. The lowest BCUT2D eigenvalue weighted by Crippen LogP contribution is -2.10. The summed E-state index contributed by atoms with van der Waals surface area (Å²) in [6, 6.07) is 9.96. The Morgan fingerprint density at radius 1 is 1.29 bits per heavy atom. The number of hydrogen-bond acceptors (Lipinski definition) is 3. The summed E-state index contributed by atoms with van der Waals surface area (Å²) in [5, 5.41) is 4.12. The summed E-state index contributed by atoms with van der Waals surface area (Å²) >= 11 is 1.67. The SMILES string of the molecule is CCOc1cccc([C@@H](N)c2ccsc2)c1.Cl. The zero-order chi connectivity index (χ0) is 11.4. The molecule has 0 saturated carbocycles. The van der Waals surface area contributed by atoms with Crippen LogP contribution in [0.25, 0.3) is 0 Å². The summed E-state index contributed by atoms with van der Waals surface area (Å²) in [6.07, 6.45) is 0. The molecule has 0 radical (unpaired) electrons. The standard InChI is InChI=1S/C13H15NOS.ClH/c1-2-15-12-5-3-4-10(8-12)13(14)11-6-7-16-9-11;/h3-9,13H,2,14H2,1H3;1H/t13-;/m1./s1. The molecule has 0 aliphatic rings. The van der Waals surface area contributed by atoms with Crippen molar-refractivity contribution in [3.63, 3.8) is 0 Å². The number of hydrogen-bond donors (Lipinski definition) is 1. The second-order valence-electron chi connectivity index (χ2n) is 3.54. The highest BCUT2D eigenvalue weighted by Crippen LogP contribution is 2.24. The maximum atomic E-state index is 6.18. The van der Waals surface area contributed by atoms with E-state index in [0.29, 0.717) is 6.61 Å². The van der Waals surface area contributed by atoms with E-state index in [4.69, 9.17) is 10.5 Å². The van der Waals surface area contributed by atoms with Gasteiger partial charge < -0.3 is 10.5 Å². The fourth-order valence-electron chi connectivity index (χ4n) is 1.61. The Labute approximate surface area is 112 Å². The van der Waals surface area contributed by atoms with Crippen LogP contribution < -0.4 is 10.5 Å². The largest absolute Gasteiger partial charge is 0.494 e. The third kappa shape index (κ3) is 3.46. The number of halogens is 1. The Bertz CT molecular complexity index is 444. The quantitative estimate of drug-likeness (QED) is 0.920. The Hall–Kier alpha value is -1.03. The van der Waals surface area contributed by atoms with Gasteiger partial charge in [-0.25, -0.2) is 0 Å². The first-order chi connectivity index (χ1) is 7.81. The lowest BCUT2D eigenvalue weighted by Gasteiger charge is -2.12. The van der Waals surface area contributed by atoms with Crippen LogP contribution in [0.5, 0.6) is 5.75 Å². The molecule has 2 N–H and O–H groups in total. The van der Waals surface area contributed by atoms with E-state index in [-0.39, 0.29) is 18.4 Å². The van der Waals surface area contributed by atoms with E-state index < -0.39 is 0 Å². The average Bonchev–Trinajstić information content (AvgIpc) is 2.82. The topological polar surface area (TPSA) is 35.2 Å². The highest BCUT2D eigenvalue weighted by molar-refractivity contribution is 7.08. The van der Waals surface area contributed by atoms with Crippen LogP contribution in [-0.2, 0) is 0 Å². The van der Waals surface area contributed by atoms with Gasteiger partial charge in [0.15, 0.2) is 0 Å². The summed E-state index contributed by atoms with van der Waals surface area (Å²) in [4.78, 5) is 0. The zero-order valence-electron chi connectivity index (χ0n) is 9.63. The molecule has 0 fully saturated rings. The molecule has 17 heavy (non-hydrogen) atoms. The smallest absolute Gasteiger partial charge is 0.119 e. The fourth-order valence-corrected chi connectivity index (χ4v) is 2.31. The van der Waals surface area contributed by atoms with E-state index in [9.17, 15) is 0 Å². The van der Waals surface area contributed by atoms with Crippen LogP contribution in [0.2, 0.25) is 0 Å². The molecule has 2 nitrogen and oxygen atoms in total. The molecule has 0 aliphatic heterocycles. The molecule has 0 amide bonds. The summed E-state index contributed by atoms with van der Waals surface area (Å²) in [7, 11) is 0. The van der Waals surface area contributed by atoms with Gasteiger partial charge >= 0.3 is 0 Å². The van der Waals surface area contributed by atoms with Gasteiger partial charge in [0, 0.05) is 0 Å². The first-order valence-corrected chi connectivity index (χ1v) is 6.26. The maximum Gasteiger partial charge on any atom is 0.119 e. The Morgan fingerprint density at radius 3 is 2.76 bits per heavy atom. The lowest BCUT2D eigenvalue weighted by molar-refractivity contribution is 0.340. The van der Waals surface area contributed by atoms with E-state index in [1.807, 2.05) is 36.6 Å². The minimum Gasteiger partial charge on any atom is -0.494 e. The van der Waals surface area contributed by atoms with E-state index >= 15 is 0 Å². The highest BCUT2D eigenvalue weighted by atomic mass is 35.5. The first kappa shape index (κ1) is 14.0. The molecule has 0 spiro atoms. The van der Waals surface area contributed by atoms with Gasteiger partial charge in [-0.2, -0.15) is 11.3 Å². The van der Waals surface area contributed by atoms with Crippen LogP contribution >= 0.6 is 23.7 Å². The van der Waals surface area contributed by atoms with Crippen LogP contribution in [-0.4, -0.2) is 6.61 Å². The van der Waals surface area contributed by atoms with Gasteiger partial charge in [0.2, 0.25) is 0 Å². The zero-order valence-corrected chi connectivity index (χ0v) is 11.3. The summed E-state index contributed by atoms with van der Waals surface area (Å²) in [6.45, 7) is 2.66. The molecule has 0 aliphatic carbocycles. The normalized spacial score (nSPS) is 11.6. The van der Waals surface area contributed by atoms with Crippen LogP contribution in [0.3, 0.4) is 0 Å². The summed E-state index contributed by atoms with van der Waals surface area (Å²) in [5.41, 5.74) is 8.42. The molecule has 0 unspecified atom stereocenters. The fraction of sp³-hybridized carbons (Fsp3) is 0.231. The summed E-state index contributed by atoms with van der Waals surface area (Å²) in [5.74, 6) is 0.880. The van der Waals surface area contributed by atoms with Crippen LogP contribution in [0.1, 0.15) is 24.1 Å². The first-order valence-electron chi connectivity index (χ1n) is 5.31. The molecule has 4 heteroatoms. The van der Waals surface area contributed by atoms with E-state index in [1.54, 1.807) is 11.3 Å². The third-order valence-corrected chi connectivity index (χ3v) is 3.13. The Balaban J connectivity index is 0.00000144. The van der Waals surface area contributed by atoms with Gasteiger partial charge in [0.05, 0.1) is 12.6 Å². The lowest BCUT2D eigenvalue weighted by atomic mass is 10.0. The third-order valence-electron chi connectivity index (χ3n) is 2.43. The van der Waals surface area contributed by atoms with E-state index in [0.717, 1.165) is 16.9 Å². The van der Waals surface area contributed by atoms with Crippen LogP contribution in [0.15, 0.2) is 41.1 Å². The number of rotatable bonds is 4. The Kier molecular flexibility index (Phi) is 5.48. The van der Waals surface area contributed by atoms with Crippen molar-refractivity contribution in [3.05, 3.63) is 52.2 Å². The summed E-state index contributed by atoms with van der Waals surface area (Å²) < 4.78 is 5.46. The monoisotopic (exact) mass is 269 g/mol. The average molecular weight is 270 g/mol. The van der Waals surface area contributed by atoms with Crippen LogP contribution in [0, 0.1) is 0 Å². The van der Waals surface area contributed by atoms with Gasteiger partial charge in [-0.1, -0.05) is 12.1 Å². The Morgan fingerprint density at radius 2 is 2.12 bits per heavy atom. The number of nitrogens with two attached hydrogens (primary N) is 1. The van der Waals surface area contributed by atoms with E-state index in [1.165, 1.54) is 0 Å². The van der Waals surface area contributed by atoms with Crippen molar-refractivity contribution in [2.24, 2.45) is 5.73 Å². The van der Waals surface area contributed by atoms with Gasteiger partial charge in [-0.15, -0.1) is 12.4 Å². The van der Waals surface area contributed by atoms with Crippen molar-refractivity contribution in [3.8, 4) is 5.75 Å². The number of thiophene rings is 1.